The van der Waals surface area contributed by atoms with Gasteiger partial charge in [-0.15, -0.1) is 6.58 Å². The molecule has 3 N–H and O–H groups in total. The van der Waals surface area contributed by atoms with E-state index in [1.54, 1.807) is 12.1 Å². The second kappa shape index (κ2) is 6.56. The highest BCUT2D eigenvalue weighted by molar-refractivity contribution is 5.96. The zero-order valence-electron chi connectivity index (χ0n) is 9.80. The highest BCUT2D eigenvalue weighted by atomic mass is 16.4. The van der Waals surface area contributed by atoms with E-state index in [2.05, 4.69) is 11.9 Å². The van der Waals surface area contributed by atoms with Crippen LogP contribution in [-0.2, 0) is 11.4 Å². The lowest BCUT2D eigenvalue weighted by atomic mass is 10.1. The fraction of sp³-hybridized carbons (Fsp3) is 0.231. The molecule has 0 aliphatic carbocycles. The number of aliphatic hydroxyl groups is 1. The Morgan fingerprint density at radius 2 is 1.94 bits per heavy atom. The van der Waals surface area contributed by atoms with Crippen molar-refractivity contribution in [2.24, 2.45) is 0 Å². The Balaban J connectivity index is 2.73. The first kappa shape index (κ1) is 13.9. The van der Waals surface area contributed by atoms with Crippen molar-refractivity contribution in [2.75, 3.05) is 0 Å². The molecule has 0 aliphatic rings. The molecule has 1 unspecified atom stereocenters. The van der Waals surface area contributed by atoms with Crippen LogP contribution in [0.4, 0.5) is 0 Å². The van der Waals surface area contributed by atoms with Gasteiger partial charge in [0.1, 0.15) is 6.04 Å². The summed E-state index contributed by atoms with van der Waals surface area (Å²) in [5, 5.41) is 20.2. The van der Waals surface area contributed by atoms with Gasteiger partial charge in [-0.3, -0.25) is 4.79 Å². The molecule has 0 saturated carbocycles. The van der Waals surface area contributed by atoms with Crippen LogP contribution in [0.2, 0.25) is 0 Å². The molecule has 0 saturated heterocycles. The van der Waals surface area contributed by atoms with E-state index in [1.807, 2.05) is 0 Å². The fourth-order valence-corrected chi connectivity index (χ4v) is 1.39. The Morgan fingerprint density at radius 1 is 1.33 bits per heavy atom. The number of hydrogen-bond acceptors (Lipinski definition) is 3. The highest BCUT2D eigenvalue weighted by Crippen LogP contribution is 2.05. The summed E-state index contributed by atoms with van der Waals surface area (Å²) in [5.41, 5.74) is 1.04. The molecule has 0 aromatic heterocycles. The summed E-state index contributed by atoms with van der Waals surface area (Å²) in [6, 6.07) is 5.31. The number of aliphatic hydroxyl groups excluding tert-OH is 1. The smallest absolute Gasteiger partial charge is 0.326 e. The van der Waals surface area contributed by atoms with Crippen molar-refractivity contribution in [3.05, 3.63) is 48.0 Å². The van der Waals surface area contributed by atoms with E-state index in [0.717, 1.165) is 0 Å². The van der Waals surface area contributed by atoms with E-state index in [0.29, 0.717) is 11.1 Å². The first-order valence-electron chi connectivity index (χ1n) is 5.43. The van der Waals surface area contributed by atoms with Crippen LogP contribution in [0.15, 0.2) is 36.9 Å². The van der Waals surface area contributed by atoms with Crippen LogP contribution in [-0.4, -0.2) is 28.1 Å². The van der Waals surface area contributed by atoms with Gasteiger partial charge >= 0.3 is 5.97 Å². The van der Waals surface area contributed by atoms with E-state index >= 15 is 0 Å². The molecule has 0 radical (unpaired) electrons. The third-order valence-corrected chi connectivity index (χ3v) is 2.40. The fourth-order valence-electron chi connectivity index (χ4n) is 1.39. The summed E-state index contributed by atoms with van der Waals surface area (Å²) in [4.78, 5) is 22.6. The zero-order valence-corrected chi connectivity index (χ0v) is 9.80. The van der Waals surface area contributed by atoms with Crippen LogP contribution < -0.4 is 5.32 Å². The predicted octanol–water partition coefficient (Wildman–Crippen LogP) is 0.938. The maximum Gasteiger partial charge on any atom is 0.326 e. The Labute approximate surface area is 105 Å². The van der Waals surface area contributed by atoms with Crippen LogP contribution in [0.5, 0.6) is 0 Å². The second-order valence-electron chi connectivity index (χ2n) is 3.74. The standard InChI is InChI=1S/C13H15NO4/c1-2-3-11(13(17)18)14-12(16)10-6-4-9(8-15)5-7-10/h2,4-7,11,15H,1,3,8H2,(H,14,16)(H,17,18). The van der Waals surface area contributed by atoms with Gasteiger partial charge in [0.2, 0.25) is 0 Å². The Morgan fingerprint density at radius 3 is 2.39 bits per heavy atom. The molecule has 1 aromatic rings. The third kappa shape index (κ3) is 3.71. The molecule has 1 rings (SSSR count). The van der Waals surface area contributed by atoms with E-state index in [4.69, 9.17) is 10.2 Å². The molecular formula is C13H15NO4. The first-order chi connectivity index (χ1) is 8.58. The summed E-state index contributed by atoms with van der Waals surface area (Å²) in [5.74, 6) is -1.57. The molecule has 5 nitrogen and oxygen atoms in total. The lowest BCUT2D eigenvalue weighted by molar-refractivity contribution is -0.139. The van der Waals surface area contributed by atoms with Gasteiger partial charge in [0.05, 0.1) is 6.61 Å². The van der Waals surface area contributed by atoms with Crippen LogP contribution in [0, 0.1) is 0 Å². The average molecular weight is 249 g/mol. The van der Waals surface area contributed by atoms with Crippen molar-refractivity contribution in [3.63, 3.8) is 0 Å². The number of carboxylic acids is 1. The molecule has 96 valence electrons. The summed E-state index contributed by atoms with van der Waals surface area (Å²) in [7, 11) is 0. The van der Waals surface area contributed by atoms with E-state index in [-0.39, 0.29) is 13.0 Å². The quantitative estimate of drug-likeness (QED) is 0.655. The van der Waals surface area contributed by atoms with Crippen LogP contribution >= 0.6 is 0 Å². The molecule has 0 aliphatic heterocycles. The molecule has 1 atom stereocenters. The number of amides is 1. The molecular weight excluding hydrogens is 234 g/mol. The summed E-state index contributed by atoms with van der Waals surface area (Å²) in [6.07, 6.45) is 1.60. The van der Waals surface area contributed by atoms with Crippen LogP contribution in [0.1, 0.15) is 22.3 Å². The first-order valence-corrected chi connectivity index (χ1v) is 5.43. The largest absolute Gasteiger partial charge is 0.480 e. The van der Waals surface area contributed by atoms with Gasteiger partial charge in [-0.2, -0.15) is 0 Å². The molecule has 1 amide bonds. The maximum atomic E-state index is 11.8. The minimum absolute atomic E-state index is 0.101. The van der Waals surface area contributed by atoms with Crippen molar-refractivity contribution >= 4 is 11.9 Å². The molecule has 0 spiro atoms. The Bertz CT molecular complexity index is 439. The molecule has 5 heteroatoms. The number of carbonyl (C=O) groups excluding carboxylic acids is 1. The lowest BCUT2D eigenvalue weighted by Gasteiger charge is -2.12. The number of aliphatic carboxylic acids is 1. The normalized spacial score (nSPS) is 11.6. The number of carboxylic acid groups (broad SMARTS) is 1. The third-order valence-electron chi connectivity index (χ3n) is 2.40. The number of benzene rings is 1. The average Bonchev–Trinajstić information content (AvgIpc) is 2.38. The van der Waals surface area contributed by atoms with Crippen molar-refractivity contribution in [2.45, 2.75) is 19.1 Å². The molecule has 1 aromatic carbocycles. The maximum absolute atomic E-state index is 11.8. The van der Waals surface area contributed by atoms with Gasteiger partial charge < -0.3 is 15.5 Å². The van der Waals surface area contributed by atoms with Gasteiger partial charge in [0, 0.05) is 5.56 Å². The monoisotopic (exact) mass is 249 g/mol. The number of rotatable bonds is 6. The minimum atomic E-state index is -1.10. The topological polar surface area (TPSA) is 86.6 Å². The second-order valence-corrected chi connectivity index (χ2v) is 3.74. The van der Waals surface area contributed by atoms with E-state index in [1.165, 1.54) is 18.2 Å². The summed E-state index contributed by atoms with van der Waals surface area (Å²) >= 11 is 0. The minimum Gasteiger partial charge on any atom is -0.480 e. The SMILES string of the molecule is C=CCC(NC(=O)c1ccc(CO)cc1)C(=O)O. The molecule has 18 heavy (non-hydrogen) atoms. The summed E-state index contributed by atoms with van der Waals surface area (Å²) < 4.78 is 0. The van der Waals surface area contributed by atoms with Crippen LogP contribution in [0.25, 0.3) is 0 Å². The molecule has 0 bridgehead atoms. The predicted molar refractivity (Wildman–Crippen MR) is 66.1 cm³/mol. The van der Waals surface area contributed by atoms with E-state index < -0.39 is 17.9 Å². The number of hydrogen-bond donors (Lipinski definition) is 3. The number of carbonyl (C=O) groups is 2. The lowest BCUT2D eigenvalue weighted by Crippen LogP contribution is -2.40. The Kier molecular flexibility index (Phi) is 5.07. The molecule has 0 fully saturated rings. The highest BCUT2D eigenvalue weighted by Gasteiger charge is 2.18. The van der Waals surface area contributed by atoms with Gasteiger partial charge in [0.15, 0.2) is 0 Å². The zero-order chi connectivity index (χ0) is 13.5. The van der Waals surface area contributed by atoms with Gasteiger partial charge in [-0.25, -0.2) is 4.79 Å². The van der Waals surface area contributed by atoms with Gasteiger partial charge in [0.25, 0.3) is 5.91 Å². The van der Waals surface area contributed by atoms with Crippen molar-refractivity contribution in [1.29, 1.82) is 0 Å². The van der Waals surface area contributed by atoms with Crippen LogP contribution in [0.3, 0.4) is 0 Å². The van der Waals surface area contributed by atoms with Gasteiger partial charge in [-0.1, -0.05) is 18.2 Å². The number of nitrogens with one attached hydrogen (secondary N) is 1. The van der Waals surface area contributed by atoms with E-state index in [9.17, 15) is 9.59 Å². The Hall–Kier alpha value is -2.14. The van der Waals surface area contributed by atoms with Crippen molar-refractivity contribution in [3.8, 4) is 0 Å². The summed E-state index contributed by atoms with van der Waals surface area (Å²) in [6.45, 7) is 3.34. The van der Waals surface area contributed by atoms with Gasteiger partial charge in [-0.05, 0) is 24.1 Å². The van der Waals surface area contributed by atoms with Crippen molar-refractivity contribution < 1.29 is 19.8 Å². The molecule has 0 heterocycles. The van der Waals surface area contributed by atoms with Crippen molar-refractivity contribution in [1.82, 2.24) is 5.32 Å².